The van der Waals surface area contributed by atoms with E-state index in [4.69, 9.17) is 10.3 Å². The van der Waals surface area contributed by atoms with Gasteiger partial charge in [-0.15, -0.1) is 0 Å². The molecule has 0 amide bonds. The Morgan fingerprint density at radius 1 is 1.35 bits per heavy atom. The molecule has 1 unspecified atom stereocenters. The Morgan fingerprint density at radius 3 is 2.60 bits per heavy atom. The van der Waals surface area contributed by atoms with E-state index in [1.165, 1.54) is 6.26 Å². The fourth-order valence-electron chi connectivity index (χ4n) is 1.98. The molecule has 0 radical (unpaired) electrons. The summed E-state index contributed by atoms with van der Waals surface area (Å²) in [5, 5.41) is 3.92. The van der Waals surface area contributed by atoms with Crippen LogP contribution < -0.4 is 10.6 Å². The average Bonchev–Trinajstić information content (AvgIpc) is 2.85. The highest BCUT2D eigenvalue weighted by atomic mass is 32.2. The summed E-state index contributed by atoms with van der Waals surface area (Å²) in [4.78, 5) is 8.54. The molecule has 0 bridgehead atoms. The molecule has 1 saturated heterocycles. The molecule has 1 fully saturated rings. The van der Waals surface area contributed by atoms with Gasteiger partial charge in [0.25, 0.3) is 5.95 Å². The van der Waals surface area contributed by atoms with Gasteiger partial charge in [-0.05, 0) is 18.6 Å². The Kier molecular flexibility index (Phi) is 4.61. The van der Waals surface area contributed by atoms with Crippen LogP contribution in [0.4, 0.5) is 5.95 Å². The van der Waals surface area contributed by atoms with Crippen LogP contribution in [0.5, 0.6) is 0 Å². The van der Waals surface area contributed by atoms with E-state index in [2.05, 4.69) is 22.1 Å². The van der Waals surface area contributed by atoms with Crippen molar-refractivity contribution in [1.29, 1.82) is 0 Å². The summed E-state index contributed by atoms with van der Waals surface area (Å²) in [5.74, 6) is 0.839. The number of likely N-dealkylation sites (N-methyl/N-ethyl adjacent to an activating group) is 1. The first kappa shape index (κ1) is 15.2. The van der Waals surface area contributed by atoms with Crippen molar-refractivity contribution in [1.82, 2.24) is 15.0 Å². The second kappa shape index (κ2) is 6.06. The third-order valence-corrected chi connectivity index (χ3v) is 4.31. The van der Waals surface area contributed by atoms with Crippen LogP contribution in [0, 0.1) is 0 Å². The molecule has 2 heterocycles. The fourth-order valence-corrected chi connectivity index (χ4v) is 2.66. The van der Waals surface area contributed by atoms with Gasteiger partial charge >= 0.3 is 0 Å². The lowest BCUT2D eigenvalue weighted by Gasteiger charge is -2.31. The van der Waals surface area contributed by atoms with Crippen LogP contribution >= 0.6 is 0 Å². The van der Waals surface area contributed by atoms with Gasteiger partial charge in [-0.2, -0.15) is 4.98 Å². The van der Waals surface area contributed by atoms with E-state index in [9.17, 15) is 8.42 Å². The van der Waals surface area contributed by atoms with E-state index in [0.29, 0.717) is 11.8 Å². The first-order valence-corrected chi connectivity index (χ1v) is 8.61. The predicted octanol–water partition coefficient (Wildman–Crippen LogP) is -0.744. The number of hydrogen-bond donors (Lipinski definition) is 1. The lowest BCUT2D eigenvalue weighted by Crippen LogP contribution is -2.44. The van der Waals surface area contributed by atoms with E-state index in [1.54, 1.807) is 0 Å². The third-order valence-electron chi connectivity index (χ3n) is 3.33. The second-order valence-electron chi connectivity index (χ2n) is 5.25. The minimum atomic E-state index is -3.03. The maximum atomic E-state index is 11.1. The van der Waals surface area contributed by atoms with Crippen molar-refractivity contribution in [3.05, 3.63) is 5.89 Å². The highest BCUT2D eigenvalue weighted by Gasteiger charge is 2.22. The molecular weight excluding hydrogens is 282 g/mol. The van der Waals surface area contributed by atoms with Crippen LogP contribution in [0.2, 0.25) is 0 Å². The van der Waals surface area contributed by atoms with E-state index < -0.39 is 15.9 Å². The number of aromatic nitrogens is 2. The fraction of sp³-hybridized carbons (Fsp3) is 0.818. The summed E-state index contributed by atoms with van der Waals surface area (Å²) in [6.07, 6.45) is 1.46. The quantitative estimate of drug-likeness (QED) is 0.758. The molecule has 0 aromatic carbocycles. The van der Waals surface area contributed by atoms with Crippen molar-refractivity contribution in [2.75, 3.05) is 50.1 Å². The molecule has 1 aromatic rings. The maximum absolute atomic E-state index is 11.1. The Balaban J connectivity index is 1.94. The van der Waals surface area contributed by atoms with Gasteiger partial charge in [0.05, 0.1) is 11.8 Å². The van der Waals surface area contributed by atoms with Crippen LogP contribution in [0.15, 0.2) is 4.52 Å². The Morgan fingerprint density at radius 2 is 2.00 bits per heavy atom. The molecule has 2 rings (SSSR count). The topological polar surface area (TPSA) is 106 Å². The van der Waals surface area contributed by atoms with Crippen LogP contribution in [-0.4, -0.2) is 68.7 Å². The number of nitrogens with zero attached hydrogens (tertiary/aromatic N) is 4. The molecule has 8 nitrogen and oxygen atoms in total. The molecule has 1 atom stereocenters. The zero-order valence-corrected chi connectivity index (χ0v) is 12.6. The highest BCUT2D eigenvalue weighted by Crippen LogP contribution is 2.17. The molecule has 0 saturated carbocycles. The first-order chi connectivity index (χ1) is 9.35. The van der Waals surface area contributed by atoms with Crippen LogP contribution in [-0.2, 0) is 9.84 Å². The molecular formula is C11H21N5O3S. The standard InChI is InChI=1S/C11H21N5O3S/c1-15-4-6-16(7-5-15)11-13-10(19-14-11)9(12)3-8-20(2,17)18/h9H,3-8,12H2,1-2H3. The molecule has 1 aliphatic heterocycles. The van der Waals surface area contributed by atoms with Gasteiger partial charge in [0.2, 0.25) is 5.89 Å². The van der Waals surface area contributed by atoms with Crippen molar-refractivity contribution in [3.8, 4) is 0 Å². The van der Waals surface area contributed by atoms with Crippen molar-refractivity contribution < 1.29 is 12.9 Å². The number of nitrogens with two attached hydrogens (primary N) is 1. The van der Waals surface area contributed by atoms with Gasteiger partial charge in [0.1, 0.15) is 9.84 Å². The average molecular weight is 303 g/mol. The molecule has 2 N–H and O–H groups in total. The summed E-state index contributed by atoms with van der Waals surface area (Å²) in [6, 6.07) is -0.543. The number of sulfone groups is 1. The Bertz CT molecular complexity index is 536. The number of rotatable bonds is 5. The summed E-state index contributed by atoms with van der Waals surface area (Å²) in [6.45, 7) is 3.58. The second-order valence-corrected chi connectivity index (χ2v) is 7.51. The zero-order valence-electron chi connectivity index (χ0n) is 11.8. The molecule has 0 aliphatic carbocycles. The lowest BCUT2D eigenvalue weighted by atomic mass is 10.2. The van der Waals surface area contributed by atoms with Gasteiger partial charge in [-0.1, -0.05) is 0 Å². The summed E-state index contributed by atoms with van der Waals surface area (Å²) >= 11 is 0. The third kappa shape index (κ3) is 4.15. The van der Waals surface area contributed by atoms with Gasteiger partial charge < -0.3 is 20.1 Å². The van der Waals surface area contributed by atoms with Crippen LogP contribution in [0.3, 0.4) is 0 Å². The minimum Gasteiger partial charge on any atom is -0.336 e. The zero-order chi connectivity index (χ0) is 14.8. The minimum absolute atomic E-state index is 0.0143. The molecule has 9 heteroatoms. The molecule has 114 valence electrons. The maximum Gasteiger partial charge on any atom is 0.266 e. The smallest absolute Gasteiger partial charge is 0.266 e. The number of hydrogen-bond acceptors (Lipinski definition) is 8. The Hall–Kier alpha value is -1.19. The largest absolute Gasteiger partial charge is 0.336 e. The normalized spacial score (nSPS) is 19.2. The molecule has 0 spiro atoms. The van der Waals surface area contributed by atoms with Crippen molar-refractivity contribution in [2.45, 2.75) is 12.5 Å². The van der Waals surface area contributed by atoms with Gasteiger partial charge in [0.15, 0.2) is 0 Å². The van der Waals surface area contributed by atoms with Crippen LogP contribution in [0.1, 0.15) is 18.4 Å². The highest BCUT2D eigenvalue weighted by molar-refractivity contribution is 7.90. The SMILES string of the molecule is CN1CCN(c2noc(C(N)CCS(C)(=O)=O)n2)CC1. The first-order valence-electron chi connectivity index (χ1n) is 6.55. The van der Waals surface area contributed by atoms with Gasteiger partial charge in [0, 0.05) is 32.4 Å². The van der Waals surface area contributed by atoms with Crippen molar-refractivity contribution in [2.24, 2.45) is 5.73 Å². The molecule has 1 aliphatic rings. The molecule has 20 heavy (non-hydrogen) atoms. The van der Waals surface area contributed by atoms with E-state index >= 15 is 0 Å². The summed E-state index contributed by atoms with van der Waals surface area (Å²) < 4.78 is 27.4. The monoisotopic (exact) mass is 303 g/mol. The number of piperazine rings is 1. The van der Waals surface area contributed by atoms with Crippen molar-refractivity contribution in [3.63, 3.8) is 0 Å². The van der Waals surface area contributed by atoms with Crippen molar-refractivity contribution >= 4 is 15.8 Å². The van der Waals surface area contributed by atoms with E-state index in [-0.39, 0.29) is 12.2 Å². The van der Waals surface area contributed by atoms with Gasteiger partial charge in [-0.3, -0.25) is 0 Å². The van der Waals surface area contributed by atoms with Crippen LogP contribution in [0.25, 0.3) is 0 Å². The lowest BCUT2D eigenvalue weighted by molar-refractivity contribution is 0.308. The molecule has 1 aromatic heterocycles. The Labute approximate surface area is 118 Å². The number of anilines is 1. The summed E-state index contributed by atoms with van der Waals surface area (Å²) in [5.41, 5.74) is 5.88. The van der Waals surface area contributed by atoms with E-state index in [1.807, 2.05) is 4.90 Å². The van der Waals surface area contributed by atoms with Gasteiger partial charge in [-0.25, -0.2) is 8.42 Å². The van der Waals surface area contributed by atoms with E-state index in [0.717, 1.165) is 26.2 Å². The summed E-state index contributed by atoms with van der Waals surface area (Å²) in [7, 11) is -0.963. The predicted molar refractivity (Wildman–Crippen MR) is 75.3 cm³/mol.